The standard InChI is InChI=1S/C14H16O5S/c1-7(14(16)17)11-6-8(15)12-9(18-2)4-5-10(19-3)13(12)20-11/h4-5,7,11H,6H2,1-3H3,(H,16,17). The van der Waals surface area contributed by atoms with Gasteiger partial charge in [0.25, 0.3) is 0 Å². The fourth-order valence-corrected chi connectivity index (χ4v) is 3.63. The summed E-state index contributed by atoms with van der Waals surface area (Å²) < 4.78 is 10.5. The lowest BCUT2D eigenvalue weighted by atomic mass is 9.98. The van der Waals surface area contributed by atoms with Crippen molar-refractivity contribution in [2.75, 3.05) is 14.2 Å². The fourth-order valence-electron chi connectivity index (χ4n) is 2.17. The molecule has 1 aliphatic heterocycles. The van der Waals surface area contributed by atoms with Crippen LogP contribution < -0.4 is 9.47 Å². The fraction of sp³-hybridized carbons (Fsp3) is 0.429. The van der Waals surface area contributed by atoms with Crippen molar-refractivity contribution in [1.29, 1.82) is 0 Å². The maximum atomic E-state index is 12.3. The van der Waals surface area contributed by atoms with Crippen molar-refractivity contribution in [3.8, 4) is 11.5 Å². The van der Waals surface area contributed by atoms with Gasteiger partial charge in [-0.3, -0.25) is 9.59 Å². The molecule has 0 radical (unpaired) electrons. The maximum absolute atomic E-state index is 12.3. The minimum absolute atomic E-state index is 0.104. The van der Waals surface area contributed by atoms with Crippen molar-refractivity contribution in [2.24, 2.45) is 5.92 Å². The summed E-state index contributed by atoms with van der Waals surface area (Å²) in [7, 11) is 3.03. The predicted molar refractivity (Wildman–Crippen MR) is 74.9 cm³/mol. The van der Waals surface area contributed by atoms with E-state index in [1.54, 1.807) is 19.1 Å². The van der Waals surface area contributed by atoms with Gasteiger partial charge in [0.2, 0.25) is 0 Å². The number of ether oxygens (including phenoxy) is 2. The molecule has 0 saturated heterocycles. The Morgan fingerprint density at radius 3 is 2.50 bits per heavy atom. The quantitative estimate of drug-likeness (QED) is 0.920. The molecule has 0 bridgehead atoms. The first-order valence-electron chi connectivity index (χ1n) is 6.17. The van der Waals surface area contributed by atoms with Crippen LogP contribution in [0, 0.1) is 5.92 Å². The molecule has 2 rings (SSSR count). The van der Waals surface area contributed by atoms with E-state index >= 15 is 0 Å². The lowest BCUT2D eigenvalue weighted by molar-refractivity contribution is -0.141. The summed E-state index contributed by atoms with van der Waals surface area (Å²) in [6, 6.07) is 3.42. The number of rotatable bonds is 4. The summed E-state index contributed by atoms with van der Waals surface area (Å²) in [6.45, 7) is 1.62. The highest BCUT2D eigenvalue weighted by molar-refractivity contribution is 8.00. The number of hydrogen-bond acceptors (Lipinski definition) is 5. The van der Waals surface area contributed by atoms with Gasteiger partial charge in [-0.05, 0) is 12.1 Å². The SMILES string of the molecule is COc1ccc(OC)c2c1SC(C(C)C(=O)O)CC2=O. The Kier molecular flexibility index (Phi) is 4.23. The van der Waals surface area contributed by atoms with Crippen molar-refractivity contribution in [3.63, 3.8) is 0 Å². The number of carbonyl (C=O) groups is 2. The monoisotopic (exact) mass is 296 g/mol. The number of ketones is 1. The number of carboxylic acids is 1. The number of benzene rings is 1. The van der Waals surface area contributed by atoms with Gasteiger partial charge in [-0.15, -0.1) is 11.8 Å². The Hall–Kier alpha value is -1.69. The van der Waals surface area contributed by atoms with E-state index in [0.717, 1.165) is 0 Å². The van der Waals surface area contributed by atoms with Crippen molar-refractivity contribution >= 4 is 23.5 Å². The normalized spacial score (nSPS) is 19.1. The van der Waals surface area contributed by atoms with Gasteiger partial charge in [0.05, 0.1) is 30.6 Å². The third kappa shape index (κ3) is 2.47. The molecule has 1 aliphatic rings. The molecule has 5 nitrogen and oxygen atoms in total. The van der Waals surface area contributed by atoms with Crippen LogP contribution in [0.1, 0.15) is 23.7 Å². The largest absolute Gasteiger partial charge is 0.496 e. The molecule has 0 fully saturated rings. The Labute approximate surface area is 121 Å². The Bertz CT molecular complexity index is 555. The van der Waals surface area contributed by atoms with E-state index in [4.69, 9.17) is 14.6 Å². The number of carbonyl (C=O) groups excluding carboxylic acids is 1. The van der Waals surface area contributed by atoms with Gasteiger partial charge in [-0.25, -0.2) is 0 Å². The van der Waals surface area contributed by atoms with Gasteiger partial charge in [-0.2, -0.15) is 0 Å². The van der Waals surface area contributed by atoms with E-state index in [1.807, 2.05) is 0 Å². The zero-order valence-corrected chi connectivity index (χ0v) is 12.3. The van der Waals surface area contributed by atoms with Crippen LogP contribution in [-0.2, 0) is 4.79 Å². The van der Waals surface area contributed by atoms with Crippen molar-refractivity contribution < 1.29 is 24.2 Å². The average molecular weight is 296 g/mol. The van der Waals surface area contributed by atoms with E-state index in [1.165, 1.54) is 26.0 Å². The average Bonchev–Trinajstić information content (AvgIpc) is 2.44. The highest BCUT2D eigenvalue weighted by Crippen LogP contribution is 2.46. The first-order valence-corrected chi connectivity index (χ1v) is 7.05. The van der Waals surface area contributed by atoms with Gasteiger partial charge in [0.1, 0.15) is 11.5 Å². The summed E-state index contributed by atoms with van der Waals surface area (Å²) >= 11 is 1.37. The predicted octanol–water partition coefficient (Wildman–Crippen LogP) is 2.47. The number of thioether (sulfide) groups is 1. The summed E-state index contributed by atoms with van der Waals surface area (Å²) in [5.41, 5.74) is 0.491. The maximum Gasteiger partial charge on any atom is 0.307 e. The molecule has 1 aromatic rings. The second-order valence-corrected chi connectivity index (χ2v) is 5.83. The number of methoxy groups -OCH3 is 2. The van der Waals surface area contributed by atoms with Crippen LogP contribution in [-0.4, -0.2) is 36.3 Å². The van der Waals surface area contributed by atoms with Crippen molar-refractivity contribution in [1.82, 2.24) is 0 Å². The third-order valence-electron chi connectivity index (χ3n) is 3.41. The first kappa shape index (κ1) is 14.7. The van der Waals surface area contributed by atoms with Crippen LogP contribution >= 0.6 is 11.8 Å². The van der Waals surface area contributed by atoms with Gasteiger partial charge in [0, 0.05) is 11.7 Å². The van der Waals surface area contributed by atoms with Crippen LogP contribution in [0.15, 0.2) is 17.0 Å². The molecular weight excluding hydrogens is 280 g/mol. The number of carboxylic acid groups (broad SMARTS) is 1. The third-order valence-corrected chi connectivity index (χ3v) is 4.92. The molecule has 0 aliphatic carbocycles. The van der Waals surface area contributed by atoms with E-state index in [9.17, 15) is 9.59 Å². The van der Waals surface area contributed by atoms with E-state index in [-0.39, 0.29) is 17.5 Å². The summed E-state index contributed by atoms with van der Waals surface area (Å²) in [5.74, 6) is -0.539. The van der Waals surface area contributed by atoms with E-state index in [2.05, 4.69) is 0 Å². The highest BCUT2D eigenvalue weighted by atomic mass is 32.2. The summed E-state index contributed by atoms with van der Waals surface area (Å²) in [4.78, 5) is 24.1. The highest BCUT2D eigenvalue weighted by Gasteiger charge is 2.36. The van der Waals surface area contributed by atoms with Crippen molar-refractivity contribution in [3.05, 3.63) is 17.7 Å². The molecule has 6 heteroatoms. The molecule has 1 aromatic carbocycles. The van der Waals surface area contributed by atoms with Crippen molar-refractivity contribution in [2.45, 2.75) is 23.5 Å². The molecule has 0 amide bonds. The molecule has 0 spiro atoms. The van der Waals surface area contributed by atoms with E-state index < -0.39 is 11.9 Å². The van der Waals surface area contributed by atoms with Crippen LogP contribution in [0.2, 0.25) is 0 Å². The van der Waals surface area contributed by atoms with Gasteiger partial charge in [-0.1, -0.05) is 6.92 Å². The van der Waals surface area contributed by atoms with Crippen LogP contribution in [0.3, 0.4) is 0 Å². The molecule has 0 saturated carbocycles. The molecule has 2 atom stereocenters. The van der Waals surface area contributed by atoms with Crippen LogP contribution in [0.4, 0.5) is 0 Å². The van der Waals surface area contributed by atoms with Crippen LogP contribution in [0.25, 0.3) is 0 Å². The summed E-state index contributed by atoms with van der Waals surface area (Å²) in [6.07, 6.45) is 0.189. The smallest absolute Gasteiger partial charge is 0.307 e. The van der Waals surface area contributed by atoms with Crippen LogP contribution in [0.5, 0.6) is 11.5 Å². The lowest BCUT2D eigenvalue weighted by Gasteiger charge is -2.27. The minimum atomic E-state index is -0.902. The molecule has 2 unspecified atom stereocenters. The zero-order chi connectivity index (χ0) is 14.9. The molecular formula is C14H16O5S. The Morgan fingerprint density at radius 1 is 1.35 bits per heavy atom. The number of fused-ring (bicyclic) bond motifs is 1. The lowest BCUT2D eigenvalue weighted by Crippen LogP contribution is -2.29. The molecule has 108 valence electrons. The molecule has 1 N–H and O–H groups in total. The Balaban J connectivity index is 2.48. The van der Waals surface area contributed by atoms with E-state index in [0.29, 0.717) is 22.0 Å². The number of aliphatic carboxylic acids is 1. The number of Topliss-reactive ketones (excluding diaryl/α,β-unsaturated/α-hetero) is 1. The topological polar surface area (TPSA) is 72.8 Å². The molecule has 0 aromatic heterocycles. The van der Waals surface area contributed by atoms with Gasteiger partial charge >= 0.3 is 5.97 Å². The molecule has 20 heavy (non-hydrogen) atoms. The minimum Gasteiger partial charge on any atom is -0.496 e. The first-order chi connectivity index (χ1) is 9.49. The second kappa shape index (κ2) is 5.75. The second-order valence-electron chi connectivity index (χ2n) is 4.58. The molecule has 1 heterocycles. The Morgan fingerprint density at radius 2 is 1.95 bits per heavy atom. The number of hydrogen-bond donors (Lipinski definition) is 1. The summed E-state index contributed by atoms with van der Waals surface area (Å²) in [5, 5.41) is 8.82. The zero-order valence-electron chi connectivity index (χ0n) is 11.5. The van der Waals surface area contributed by atoms with Gasteiger partial charge in [0.15, 0.2) is 5.78 Å². The van der Waals surface area contributed by atoms with Gasteiger partial charge < -0.3 is 14.6 Å².